The van der Waals surface area contributed by atoms with Gasteiger partial charge in [-0.05, 0) is 39.0 Å². The van der Waals surface area contributed by atoms with Crippen LogP contribution in [0.2, 0.25) is 0 Å². The average molecular weight is 448 g/mol. The third-order valence-corrected chi connectivity index (χ3v) is 7.64. The van der Waals surface area contributed by atoms with E-state index in [9.17, 15) is 13.2 Å². The maximum absolute atomic E-state index is 13.1. The fourth-order valence-electron chi connectivity index (χ4n) is 4.18. The number of rotatable bonds is 4. The van der Waals surface area contributed by atoms with Gasteiger partial charge in [0.05, 0.1) is 17.9 Å². The molecule has 2 unspecified atom stereocenters. The van der Waals surface area contributed by atoms with Gasteiger partial charge >= 0.3 is 0 Å². The zero-order chi connectivity index (χ0) is 22.2. The maximum atomic E-state index is 13.1. The first-order valence-corrected chi connectivity index (χ1v) is 12.0. The molecule has 1 amide bonds. The minimum Gasteiger partial charge on any atom is -0.373 e. The first kappa shape index (κ1) is 21.9. The summed E-state index contributed by atoms with van der Waals surface area (Å²) >= 11 is 0. The molecule has 2 aliphatic rings. The monoisotopic (exact) mass is 447 g/mol. The summed E-state index contributed by atoms with van der Waals surface area (Å²) in [7, 11) is -3.57. The van der Waals surface area contributed by atoms with Crippen LogP contribution in [0.25, 0.3) is 5.69 Å². The van der Waals surface area contributed by atoms with E-state index in [1.54, 1.807) is 15.6 Å². The van der Waals surface area contributed by atoms with Crippen LogP contribution in [0.1, 0.15) is 30.0 Å². The molecule has 0 saturated carbocycles. The number of carbonyl (C=O) groups excluding carboxylic acids is 1. The Bertz CT molecular complexity index is 1020. The fourth-order valence-corrected chi connectivity index (χ4v) is 5.92. The Kier molecular flexibility index (Phi) is 6.16. The van der Waals surface area contributed by atoms with Gasteiger partial charge in [0.2, 0.25) is 0 Å². The van der Waals surface area contributed by atoms with E-state index >= 15 is 0 Å². The summed E-state index contributed by atoms with van der Waals surface area (Å²) in [5, 5.41) is 4.48. The second kappa shape index (κ2) is 8.70. The molecule has 168 valence electrons. The highest BCUT2D eigenvalue weighted by Gasteiger charge is 2.37. The molecule has 0 N–H and O–H groups in total. The predicted molar refractivity (Wildman–Crippen MR) is 116 cm³/mol. The van der Waals surface area contributed by atoms with Crippen LogP contribution in [0, 0.1) is 6.92 Å². The molecule has 0 aliphatic carbocycles. The van der Waals surface area contributed by atoms with Crippen molar-refractivity contribution >= 4 is 16.1 Å². The average Bonchev–Trinajstić information content (AvgIpc) is 3.15. The number of nitrogens with zero attached hydrogens (tertiary/aromatic N) is 5. The van der Waals surface area contributed by atoms with E-state index in [-0.39, 0.29) is 31.2 Å². The fraction of sp³-hybridized carbons (Fsp3) is 0.524. The van der Waals surface area contributed by atoms with Gasteiger partial charge in [-0.15, -0.1) is 0 Å². The number of hydrogen-bond acceptors (Lipinski definition) is 5. The highest BCUT2D eigenvalue weighted by molar-refractivity contribution is 7.86. The SMILES string of the molecule is Cc1cc(C(=O)N2CCN(S(=O)(=O)N3CC(C)OC(C)C3)CC2)nn1-c1ccccc1. The Hall–Kier alpha value is -2.27. The predicted octanol–water partition coefficient (Wildman–Crippen LogP) is 1.29. The molecule has 4 rings (SSSR count). The topological polar surface area (TPSA) is 88.0 Å². The van der Waals surface area contributed by atoms with Gasteiger partial charge in [0.15, 0.2) is 5.69 Å². The Morgan fingerprint density at radius 2 is 1.61 bits per heavy atom. The lowest BCUT2D eigenvalue weighted by Crippen LogP contribution is -2.57. The number of aryl methyl sites for hydroxylation is 1. The molecular formula is C21H29N5O4S. The summed E-state index contributed by atoms with van der Waals surface area (Å²) < 4.78 is 36.5. The summed E-state index contributed by atoms with van der Waals surface area (Å²) in [5.74, 6) is -0.177. The summed E-state index contributed by atoms with van der Waals surface area (Å²) in [6.45, 7) is 7.58. The second-order valence-electron chi connectivity index (χ2n) is 8.19. The molecule has 2 atom stereocenters. The Labute approximate surface area is 183 Å². The van der Waals surface area contributed by atoms with Gasteiger partial charge < -0.3 is 9.64 Å². The molecule has 0 radical (unpaired) electrons. The molecule has 1 aromatic carbocycles. The van der Waals surface area contributed by atoms with Crippen LogP contribution in [0.4, 0.5) is 0 Å². The van der Waals surface area contributed by atoms with E-state index in [1.165, 1.54) is 8.61 Å². The summed E-state index contributed by atoms with van der Waals surface area (Å²) in [4.78, 5) is 14.7. The van der Waals surface area contributed by atoms with Crippen molar-refractivity contribution in [1.82, 2.24) is 23.3 Å². The van der Waals surface area contributed by atoms with Gasteiger partial charge in [-0.25, -0.2) is 4.68 Å². The lowest BCUT2D eigenvalue weighted by Gasteiger charge is -2.40. The Morgan fingerprint density at radius 3 is 2.23 bits per heavy atom. The molecular weight excluding hydrogens is 418 g/mol. The van der Waals surface area contributed by atoms with Crippen molar-refractivity contribution in [2.75, 3.05) is 39.3 Å². The minimum absolute atomic E-state index is 0.135. The van der Waals surface area contributed by atoms with Crippen LogP contribution >= 0.6 is 0 Å². The first-order valence-electron chi connectivity index (χ1n) is 10.6. The summed E-state index contributed by atoms with van der Waals surface area (Å²) in [6.07, 6.45) is -0.270. The van der Waals surface area contributed by atoms with Crippen molar-refractivity contribution in [2.45, 2.75) is 33.0 Å². The largest absolute Gasteiger partial charge is 0.373 e. The van der Waals surface area contributed by atoms with Crippen molar-refractivity contribution < 1.29 is 17.9 Å². The number of morpholine rings is 1. The molecule has 31 heavy (non-hydrogen) atoms. The molecule has 9 nitrogen and oxygen atoms in total. The number of benzene rings is 1. The number of ether oxygens (including phenoxy) is 1. The normalized spacial score (nSPS) is 23.8. The highest BCUT2D eigenvalue weighted by atomic mass is 32.2. The quantitative estimate of drug-likeness (QED) is 0.705. The lowest BCUT2D eigenvalue weighted by atomic mass is 10.3. The highest BCUT2D eigenvalue weighted by Crippen LogP contribution is 2.20. The molecule has 1 aromatic heterocycles. The second-order valence-corrected chi connectivity index (χ2v) is 10.1. The Morgan fingerprint density at radius 1 is 1.00 bits per heavy atom. The van der Waals surface area contributed by atoms with Crippen molar-refractivity contribution in [3.8, 4) is 5.69 Å². The van der Waals surface area contributed by atoms with Gasteiger partial charge in [0.1, 0.15) is 0 Å². The summed E-state index contributed by atoms with van der Waals surface area (Å²) in [6, 6.07) is 11.4. The molecule has 0 bridgehead atoms. The van der Waals surface area contributed by atoms with Crippen molar-refractivity contribution in [1.29, 1.82) is 0 Å². The van der Waals surface area contributed by atoms with E-state index in [0.29, 0.717) is 31.9 Å². The van der Waals surface area contributed by atoms with Crippen LogP contribution in [0.15, 0.2) is 36.4 Å². The van der Waals surface area contributed by atoms with Crippen molar-refractivity contribution in [2.24, 2.45) is 0 Å². The first-order chi connectivity index (χ1) is 14.8. The number of piperazine rings is 1. The van der Waals surface area contributed by atoms with Crippen LogP contribution in [0.3, 0.4) is 0 Å². The molecule has 2 aliphatic heterocycles. The van der Waals surface area contributed by atoms with Crippen LogP contribution in [-0.2, 0) is 14.9 Å². The van der Waals surface area contributed by atoms with E-state index in [4.69, 9.17) is 4.74 Å². The van der Waals surface area contributed by atoms with E-state index < -0.39 is 10.2 Å². The van der Waals surface area contributed by atoms with Crippen molar-refractivity contribution in [3.05, 3.63) is 47.8 Å². The molecule has 2 fully saturated rings. The molecule has 2 saturated heterocycles. The smallest absolute Gasteiger partial charge is 0.282 e. The number of para-hydroxylation sites is 1. The number of amides is 1. The lowest BCUT2D eigenvalue weighted by molar-refractivity contribution is -0.0457. The van der Waals surface area contributed by atoms with Crippen LogP contribution in [-0.4, -0.2) is 89.1 Å². The van der Waals surface area contributed by atoms with Crippen molar-refractivity contribution in [3.63, 3.8) is 0 Å². The number of carbonyl (C=O) groups is 1. The van der Waals surface area contributed by atoms with Gasteiger partial charge in [-0.1, -0.05) is 18.2 Å². The molecule has 0 spiro atoms. The number of hydrogen-bond donors (Lipinski definition) is 0. The van der Waals surface area contributed by atoms with E-state index in [1.807, 2.05) is 51.1 Å². The van der Waals surface area contributed by atoms with Gasteiger partial charge in [-0.2, -0.15) is 22.1 Å². The van der Waals surface area contributed by atoms with Gasteiger partial charge in [-0.3, -0.25) is 4.79 Å². The molecule has 2 aromatic rings. The van der Waals surface area contributed by atoms with Crippen LogP contribution in [0.5, 0.6) is 0 Å². The Balaban J connectivity index is 1.41. The number of aromatic nitrogens is 2. The molecule has 10 heteroatoms. The van der Waals surface area contributed by atoms with Crippen LogP contribution < -0.4 is 0 Å². The third-order valence-electron chi connectivity index (χ3n) is 5.67. The maximum Gasteiger partial charge on any atom is 0.282 e. The van der Waals surface area contributed by atoms with E-state index in [2.05, 4.69) is 5.10 Å². The zero-order valence-corrected chi connectivity index (χ0v) is 19.0. The molecule has 3 heterocycles. The van der Waals surface area contributed by atoms with Gasteiger partial charge in [0.25, 0.3) is 16.1 Å². The third kappa shape index (κ3) is 4.52. The zero-order valence-electron chi connectivity index (χ0n) is 18.1. The van der Waals surface area contributed by atoms with E-state index in [0.717, 1.165) is 11.4 Å². The summed E-state index contributed by atoms with van der Waals surface area (Å²) in [5.41, 5.74) is 2.13. The van der Waals surface area contributed by atoms with Gasteiger partial charge in [0, 0.05) is 45.0 Å². The minimum atomic E-state index is -3.57. The standard InChI is InChI=1S/C21H29N5O4S/c1-16-13-20(22-26(16)19-7-5-4-6-8-19)21(27)23-9-11-24(12-10-23)31(28,29)25-14-17(2)30-18(3)15-25/h4-8,13,17-18H,9-12,14-15H2,1-3H3.